The van der Waals surface area contributed by atoms with Crippen molar-refractivity contribution in [1.29, 1.82) is 0 Å². The first kappa shape index (κ1) is 20.0. The Balaban J connectivity index is 1.73. The molecule has 0 aliphatic heterocycles. The average molecular weight is 419 g/mol. The number of carbonyl (C=O) groups is 1. The maximum Gasteiger partial charge on any atom is 0.234 e. The van der Waals surface area contributed by atoms with E-state index in [2.05, 4.69) is 15.5 Å². The quantitative estimate of drug-likeness (QED) is 0.585. The highest BCUT2D eigenvalue weighted by Gasteiger charge is 2.16. The number of carbonyl (C=O) groups excluding carboxylic acids is 1. The summed E-state index contributed by atoms with van der Waals surface area (Å²) in [5.74, 6) is 1.59. The standard InChI is InChI=1S/C19H19ClN4O3S/c1-12-22-23-19(24(12)13-7-5-4-6-8-13)28-11-18(25)21-15-10-16(26-2)14(20)9-17(15)27-3/h4-10H,11H2,1-3H3,(H,21,25). The molecule has 0 spiro atoms. The van der Waals surface area contributed by atoms with E-state index in [-0.39, 0.29) is 11.7 Å². The molecule has 2 aromatic carbocycles. The van der Waals surface area contributed by atoms with Crippen LogP contribution in [0.1, 0.15) is 5.82 Å². The number of anilines is 1. The van der Waals surface area contributed by atoms with Crippen LogP contribution >= 0.6 is 23.4 Å². The van der Waals surface area contributed by atoms with Gasteiger partial charge in [-0.3, -0.25) is 9.36 Å². The lowest BCUT2D eigenvalue weighted by Gasteiger charge is -2.13. The van der Waals surface area contributed by atoms with E-state index in [1.54, 1.807) is 12.1 Å². The van der Waals surface area contributed by atoms with Gasteiger partial charge in [0, 0.05) is 17.8 Å². The summed E-state index contributed by atoms with van der Waals surface area (Å²) in [5, 5.41) is 12.2. The van der Waals surface area contributed by atoms with Crippen molar-refractivity contribution in [2.45, 2.75) is 12.1 Å². The zero-order chi connectivity index (χ0) is 20.1. The Morgan fingerprint density at radius 1 is 1.14 bits per heavy atom. The lowest BCUT2D eigenvalue weighted by Crippen LogP contribution is -2.15. The third-order valence-electron chi connectivity index (χ3n) is 3.89. The maximum atomic E-state index is 12.5. The summed E-state index contributed by atoms with van der Waals surface area (Å²) < 4.78 is 12.4. The first-order chi connectivity index (χ1) is 13.5. The molecule has 0 aliphatic rings. The number of aryl methyl sites for hydroxylation is 1. The van der Waals surface area contributed by atoms with Crippen LogP contribution in [0.25, 0.3) is 5.69 Å². The largest absolute Gasteiger partial charge is 0.495 e. The second-order valence-electron chi connectivity index (χ2n) is 5.72. The number of methoxy groups -OCH3 is 2. The van der Waals surface area contributed by atoms with Crippen molar-refractivity contribution in [2.75, 3.05) is 25.3 Å². The molecule has 0 atom stereocenters. The first-order valence-electron chi connectivity index (χ1n) is 8.35. The minimum atomic E-state index is -0.215. The lowest BCUT2D eigenvalue weighted by atomic mass is 10.2. The monoisotopic (exact) mass is 418 g/mol. The Morgan fingerprint density at radius 3 is 2.54 bits per heavy atom. The highest BCUT2D eigenvalue weighted by Crippen LogP contribution is 2.36. The zero-order valence-corrected chi connectivity index (χ0v) is 17.2. The van der Waals surface area contributed by atoms with Crippen LogP contribution in [-0.2, 0) is 4.79 Å². The second kappa shape index (κ2) is 8.99. The lowest BCUT2D eigenvalue weighted by molar-refractivity contribution is -0.113. The van der Waals surface area contributed by atoms with Crippen LogP contribution < -0.4 is 14.8 Å². The normalized spacial score (nSPS) is 10.6. The van der Waals surface area contributed by atoms with Crippen molar-refractivity contribution in [3.8, 4) is 17.2 Å². The predicted octanol–water partition coefficient (Wildman–Crippen LogP) is 3.98. The number of rotatable bonds is 7. The van der Waals surface area contributed by atoms with Gasteiger partial charge in [-0.2, -0.15) is 0 Å². The molecule has 1 N–H and O–H groups in total. The maximum absolute atomic E-state index is 12.5. The average Bonchev–Trinajstić information content (AvgIpc) is 3.08. The second-order valence-corrected chi connectivity index (χ2v) is 7.07. The first-order valence-corrected chi connectivity index (χ1v) is 9.71. The van der Waals surface area contributed by atoms with E-state index < -0.39 is 0 Å². The van der Waals surface area contributed by atoms with Crippen LogP contribution in [0.3, 0.4) is 0 Å². The van der Waals surface area contributed by atoms with Gasteiger partial charge in [-0.05, 0) is 19.1 Å². The van der Waals surface area contributed by atoms with Gasteiger partial charge in [0.25, 0.3) is 0 Å². The van der Waals surface area contributed by atoms with Crippen molar-refractivity contribution in [1.82, 2.24) is 14.8 Å². The number of nitrogens with one attached hydrogen (secondary N) is 1. The number of ether oxygens (including phenoxy) is 2. The van der Waals surface area contributed by atoms with E-state index in [1.165, 1.54) is 26.0 Å². The summed E-state index contributed by atoms with van der Waals surface area (Å²) in [6.45, 7) is 1.87. The number of hydrogen-bond acceptors (Lipinski definition) is 6. The Kier molecular flexibility index (Phi) is 6.43. The number of thioether (sulfide) groups is 1. The molecule has 0 aliphatic carbocycles. The van der Waals surface area contributed by atoms with E-state index in [9.17, 15) is 4.79 Å². The molecule has 146 valence electrons. The van der Waals surface area contributed by atoms with Gasteiger partial charge in [-0.25, -0.2) is 0 Å². The Bertz CT molecular complexity index is 979. The van der Waals surface area contributed by atoms with E-state index in [1.807, 2.05) is 41.8 Å². The van der Waals surface area contributed by atoms with Crippen molar-refractivity contribution in [2.24, 2.45) is 0 Å². The van der Waals surface area contributed by atoms with Crippen LogP contribution in [-0.4, -0.2) is 40.6 Å². The summed E-state index contributed by atoms with van der Waals surface area (Å²) in [6, 6.07) is 13.0. The van der Waals surface area contributed by atoms with Crippen LogP contribution in [0.2, 0.25) is 5.02 Å². The third kappa shape index (κ3) is 4.40. The van der Waals surface area contributed by atoms with Crippen LogP contribution in [0.4, 0.5) is 5.69 Å². The zero-order valence-electron chi connectivity index (χ0n) is 15.6. The van der Waals surface area contributed by atoms with Gasteiger partial charge < -0.3 is 14.8 Å². The Labute approximate surface area is 172 Å². The molecule has 1 aromatic heterocycles. The molecular formula is C19H19ClN4O3S. The van der Waals surface area contributed by atoms with Crippen molar-refractivity contribution >= 4 is 35.0 Å². The highest BCUT2D eigenvalue weighted by atomic mass is 35.5. The number of benzene rings is 2. The van der Waals surface area contributed by atoms with Gasteiger partial charge in [-0.1, -0.05) is 41.6 Å². The fourth-order valence-electron chi connectivity index (χ4n) is 2.59. The molecule has 7 nitrogen and oxygen atoms in total. The summed E-state index contributed by atoms with van der Waals surface area (Å²) in [4.78, 5) is 12.5. The van der Waals surface area contributed by atoms with Crippen molar-refractivity contribution in [3.05, 3.63) is 53.3 Å². The molecule has 1 amide bonds. The molecule has 0 saturated heterocycles. The molecule has 28 heavy (non-hydrogen) atoms. The summed E-state index contributed by atoms with van der Waals surface area (Å²) in [5.41, 5.74) is 1.42. The van der Waals surface area contributed by atoms with Gasteiger partial charge in [-0.15, -0.1) is 10.2 Å². The fraction of sp³-hybridized carbons (Fsp3) is 0.211. The fourth-order valence-corrected chi connectivity index (χ4v) is 3.61. The van der Waals surface area contributed by atoms with Gasteiger partial charge in [0.1, 0.15) is 17.3 Å². The number of halogens is 1. The highest BCUT2D eigenvalue weighted by molar-refractivity contribution is 7.99. The number of aromatic nitrogens is 3. The summed E-state index contributed by atoms with van der Waals surface area (Å²) >= 11 is 7.39. The summed E-state index contributed by atoms with van der Waals surface area (Å²) in [6.07, 6.45) is 0. The number of amides is 1. The van der Waals surface area contributed by atoms with E-state index in [0.717, 1.165) is 11.5 Å². The van der Waals surface area contributed by atoms with E-state index >= 15 is 0 Å². The molecule has 3 rings (SSSR count). The number of para-hydroxylation sites is 1. The minimum Gasteiger partial charge on any atom is -0.495 e. The summed E-state index contributed by atoms with van der Waals surface area (Å²) in [7, 11) is 3.02. The van der Waals surface area contributed by atoms with Crippen molar-refractivity contribution < 1.29 is 14.3 Å². The molecule has 9 heteroatoms. The molecule has 3 aromatic rings. The van der Waals surface area contributed by atoms with Crippen molar-refractivity contribution in [3.63, 3.8) is 0 Å². The molecule has 0 fully saturated rings. The smallest absolute Gasteiger partial charge is 0.234 e. The predicted molar refractivity (Wildman–Crippen MR) is 110 cm³/mol. The van der Waals surface area contributed by atoms with Crippen LogP contribution in [0, 0.1) is 6.92 Å². The van der Waals surface area contributed by atoms with Gasteiger partial charge >= 0.3 is 0 Å². The van der Waals surface area contributed by atoms with Crippen LogP contribution in [0.5, 0.6) is 11.5 Å². The molecule has 0 saturated carbocycles. The minimum absolute atomic E-state index is 0.152. The topological polar surface area (TPSA) is 78.3 Å². The number of hydrogen-bond donors (Lipinski definition) is 1. The molecule has 0 radical (unpaired) electrons. The van der Waals surface area contributed by atoms with Gasteiger partial charge in [0.15, 0.2) is 5.16 Å². The molecule has 0 bridgehead atoms. The van der Waals surface area contributed by atoms with Gasteiger partial charge in [0.05, 0.1) is 30.7 Å². The van der Waals surface area contributed by atoms with Gasteiger partial charge in [0.2, 0.25) is 5.91 Å². The molecule has 0 unspecified atom stereocenters. The number of nitrogens with zero attached hydrogens (tertiary/aromatic N) is 3. The molecular weight excluding hydrogens is 400 g/mol. The third-order valence-corrected chi connectivity index (χ3v) is 5.11. The Hall–Kier alpha value is -2.71. The Morgan fingerprint density at radius 2 is 1.86 bits per heavy atom. The molecule has 1 heterocycles. The van der Waals surface area contributed by atoms with E-state index in [0.29, 0.717) is 27.4 Å². The van der Waals surface area contributed by atoms with Crippen LogP contribution in [0.15, 0.2) is 47.6 Å². The SMILES string of the molecule is COc1cc(NC(=O)CSc2nnc(C)n2-c2ccccc2)c(OC)cc1Cl. The van der Waals surface area contributed by atoms with E-state index in [4.69, 9.17) is 21.1 Å².